The second kappa shape index (κ2) is 5.12. The van der Waals surface area contributed by atoms with Crippen LogP contribution in [0.3, 0.4) is 0 Å². The lowest BCUT2D eigenvalue weighted by Crippen LogP contribution is -2.25. The first-order valence-corrected chi connectivity index (χ1v) is 5.49. The summed E-state index contributed by atoms with van der Waals surface area (Å²) in [6.07, 6.45) is 0.948. The van der Waals surface area contributed by atoms with Gasteiger partial charge in [0, 0.05) is 12.6 Å². The number of anilines is 1. The molecular weight excluding hydrogens is 200 g/mol. The minimum absolute atomic E-state index is 0.0463. The van der Waals surface area contributed by atoms with Crippen LogP contribution in [-0.2, 0) is 11.2 Å². The van der Waals surface area contributed by atoms with Gasteiger partial charge in [-0.1, -0.05) is 26.0 Å². The van der Waals surface area contributed by atoms with Gasteiger partial charge in [-0.2, -0.15) is 0 Å². The molecule has 0 unspecified atom stereocenters. The Hall–Kier alpha value is -1.35. The van der Waals surface area contributed by atoms with Gasteiger partial charge in [0.05, 0.1) is 0 Å². The number of hydrogen-bond acceptors (Lipinski definition) is 2. The lowest BCUT2D eigenvalue weighted by Gasteiger charge is -2.22. The van der Waals surface area contributed by atoms with E-state index in [1.807, 2.05) is 24.3 Å². The molecule has 0 atom stereocenters. The van der Waals surface area contributed by atoms with Gasteiger partial charge in [0.15, 0.2) is 0 Å². The molecule has 3 nitrogen and oxygen atoms in total. The first-order chi connectivity index (χ1) is 7.43. The molecule has 0 bridgehead atoms. The summed E-state index contributed by atoms with van der Waals surface area (Å²) in [5.74, 6) is -0.0463. The minimum atomic E-state index is -0.0463. The molecule has 0 aliphatic heterocycles. The topological polar surface area (TPSA) is 55.1 Å². The molecule has 3 N–H and O–H groups in total. The molecule has 1 aromatic rings. The molecule has 0 saturated carbocycles. The van der Waals surface area contributed by atoms with Gasteiger partial charge in [0.1, 0.15) is 0 Å². The van der Waals surface area contributed by atoms with E-state index in [4.69, 9.17) is 5.73 Å². The normalized spacial score (nSPS) is 11.2. The highest BCUT2D eigenvalue weighted by molar-refractivity contribution is 5.88. The fourth-order valence-corrected chi connectivity index (χ4v) is 1.53. The lowest BCUT2D eigenvalue weighted by atomic mass is 9.86. The number of nitrogens with one attached hydrogen (secondary N) is 1. The van der Waals surface area contributed by atoms with Gasteiger partial charge in [-0.15, -0.1) is 0 Å². The van der Waals surface area contributed by atoms with Crippen molar-refractivity contribution in [1.82, 2.24) is 0 Å². The van der Waals surface area contributed by atoms with Crippen LogP contribution in [-0.4, -0.2) is 12.5 Å². The average molecular weight is 220 g/mol. The fourth-order valence-electron chi connectivity index (χ4n) is 1.53. The Morgan fingerprint density at radius 1 is 1.31 bits per heavy atom. The molecule has 1 amide bonds. The maximum atomic E-state index is 10.8. The van der Waals surface area contributed by atoms with Crippen molar-refractivity contribution in [2.24, 2.45) is 11.1 Å². The first kappa shape index (κ1) is 12.7. The molecule has 0 fully saturated rings. The molecule has 0 saturated heterocycles. The zero-order chi connectivity index (χ0) is 12.2. The minimum Gasteiger partial charge on any atom is -0.330 e. The molecule has 0 radical (unpaired) electrons. The second-order valence-electron chi connectivity index (χ2n) is 4.92. The highest BCUT2D eigenvalue weighted by Crippen LogP contribution is 2.21. The van der Waals surface area contributed by atoms with Crippen LogP contribution in [0.25, 0.3) is 0 Å². The Morgan fingerprint density at radius 2 is 1.88 bits per heavy atom. The summed E-state index contributed by atoms with van der Waals surface area (Å²) in [7, 11) is 0. The highest BCUT2D eigenvalue weighted by atomic mass is 16.1. The summed E-state index contributed by atoms with van der Waals surface area (Å²) in [6.45, 7) is 6.47. The summed E-state index contributed by atoms with van der Waals surface area (Å²) in [5, 5.41) is 2.75. The van der Waals surface area contributed by atoms with Crippen molar-refractivity contribution < 1.29 is 4.79 Å². The molecule has 1 rings (SSSR count). The maximum Gasteiger partial charge on any atom is 0.221 e. The van der Waals surface area contributed by atoms with E-state index in [-0.39, 0.29) is 11.3 Å². The Labute approximate surface area is 97.0 Å². The Bertz CT molecular complexity index is 355. The van der Waals surface area contributed by atoms with Crippen LogP contribution < -0.4 is 11.1 Å². The third-order valence-electron chi connectivity index (χ3n) is 2.51. The van der Waals surface area contributed by atoms with Gasteiger partial charge in [-0.3, -0.25) is 4.79 Å². The summed E-state index contributed by atoms with van der Waals surface area (Å²) in [4.78, 5) is 10.8. The van der Waals surface area contributed by atoms with Crippen LogP contribution in [0.1, 0.15) is 26.3 Å². The Kier molecular flexibility index (Phi) is 4.07. The van der Waals surface area contributed by atoms with E-state index in [2.05, 4.69) is 19.2 Å². The monoisotopic (exact) mass is 220 g/mol. The predicted octanol–water partition coefficient (Wildman–Crippen LogP) is 2.17. The first-order valence-electron chi connectivity index (χ1n) is 5.49. The van der Waals surface area contributed by atoms with Crippen LogP contribution in [0, 0.1) is 5.41 Å². The van der Waals surface area contributed by atoms with Crippen molar-refractivity contribution in [3.05, 3.63) is 29.8 Å². The van der Waals surface area contributed by atoms with Crippen LogP contribution in [0.4, 0.5) is 5.69 Å². The van der Waals surface area contributed by atoms with E-state index in [0.29, 0.717) is 6.54 Å². The third kappa shape index (κ3) is 4.03. The van der Waals surface area contributed by atoms with Crippen LogP contribution in [0.2, 0.25) is 0 Å². The van der Waals surface area contributed by atoms with E-state index >= 15 is 0 Å². The van der Waals surface area contributed by atoms with Gasteiger partial charge < -0.3 is 11.1 Å². The second-order valence-corrected chi connectivity index (χ2v) is 4.92. The molecule has 16 heavy (non-hydrogen) atoms. The quantitative estimate of drug-likeness (QED) is 0.817. The van der Waals surface area contributed by atoms with Crippen molar-refractivity contribution in [1.29, 1.82) is 0 Å². The van der Waals surface area contributed by atoms with Gasteiger partial charge in [-0.25, -0.2) is 0 Å². The number of carbonyl (C=O) groups is 1. The molecule has 0 spiro atoms. The number of rotatable bonds is 4. The van der Waals surface area contributed by atoms with E-state index in [9.17, 15) is 4.79 Å². The van der Waals surface area contributed by atoms with Crippen molar-refractivity contribution >= 4 is 11.6 Å². The van der Waals surface area contributed by atoms with Gasteiger partial charge in [0.25, 0.3) is 0 Å². The van der Waals surface area contributed by atoms with Gasteiger partial charge in [0.2, 0.25) is 5.91 Å². The third-order valence-corrected chi connectivity index (χ3v) is 2.51. The summed E-state index contributed by atoms with van der Waals surface area (Å²) in [6, 6.07) is 7.90. The fraction of sp³-hybridized carbons (Fsp3) is 0.462. The van der Waals surface area contributed by atoms with Crippen LogP contribution in [0.15, 0.2) is 24.3 Å². The van der Waals surface area contributed by atoms with Crippen molar-refractivity contribution in [2.75, 3.05) is 11.9 Å². The summed E-state index contributed by atoms with van der Waals surface area (Å²) >= 11 is 0. The van der Waals surface area contributed by atoms with Crippen LogP contribution in [0.5, 0.6) is 0 Å². The van der Waals surface area contributed by atoms with Crippen LogP contribution >= 0.6 is 0 Å². The SMILES string of the molecule is CC(=O)Nc1ccc(CC(C)(C)CN)cc1. The maximum absolute atomic E-state index is 10.8. The standard InChI is InChI=1S/C13H20N2O/c1-10(16)15-12-6-4-11(5-7-12)8-13(2,3)9-14/h4-7H,8-9,14H2,1-3H3,(H,15,16). The number of nitrogens with two attached hydrogens (primary N) is 1. The Balaban J connectivity index is 2.68. The van der Waals surface area contributed by atoms with Crippen molar-refractivity contribution in [3.63, 3.8) is 0 Å². The molecule has 0 heterocycles. The summed E-state index contributed by atoms with van der Waals surface area (Å²) in [5.41, 5.74) is 7.89. The van der Waals surface area contributed by atoms with E-state index < -0.39 is 0 Å². The number of hydrogen-bond donors (Lipinski definition) is 2. The molecule has 88 valence electrons. The zero-order valence-corrected chi connectivity index (χ0v) is 10.2. The van der Waals surface area contributed by atoms with E-state index in [0.717, 1.165) is 12.1 Å². The van der Waals surface area contributed by atoms with Crippen molar-refractivity contribution in [3.8, 4) is 0 Å². The predicted molar refractivity (Wildman–Crippen MR) is 67.3 cm³/mol. The lowest BCUT2D eigenvalue weighted by molar-refractivity contribution is -0.114. The van der Waals surface area contributed by atoms with E-state index in [1.165, 1.54) is 12.5 Å². The number of benzene rings is 1. The van der Waals surface area contributed by atoms with Crippen molar-refractivity contribution in [2.45, 2.75) is 27.2 Å². The Morgan fingerprint density at radius 3 is 2.31 bits per heavy atom. The molecule has 0 aliphatic carbocycles. The zero-order valence-electron chi connectivity index (χ0n) is 10.2. The molecule has 0 aliphatic rings. The van der Waals surface area contributed by atoms with Gasteiger partial charge in [-0.05, 0) is 36.1 Å². The molecular formula is C13H20N2O. The molecule has 0 aromatic heterocycles. The largest absolute Gasteiger partial charge is 0.330 e. The highest BCUT2D eigenvalue weighted by Gasteiger charge is 2.15. The number of amides is 1. The van der Waals surface area contributed by atoms with E-state index in [1.54, 1.807) is 0 Å². The average Bonchev–Trinajstić information content (AvgIpc) is 2.20. The van der Waals surface area contributed by atoms with Gasteiger partial charge >= 0.3 is 0 Å². The summed E-state index contributed by atoms with van der Waals surface area (Å²) < 4.78 is 0. The smallest absolute Gasteiger partial charge is 0.221 e. The molecule has 3 heteroatoms. The number of carbonyl (C=O) groups excluding carboxylic acids is 1. The molecule has 1 aromatic carbocycles.